The van der Waals surface area contributed by atoms with Crippen molar-refractivity contribution in [3.05, 3.63) is 0 Å². The van der Waals surface area contributed by atoms with Crippen LogP contribution in [-0.4, -0.2) is 33.5 Å². The number of rotatable bonds is 3. The van der Waals surface area contributed by atoms with Crippen LogP contribution in [0.2, 0.25) is 0 Å². The summed E-state index contributed by atoms with van der Waals surface area (Å²) in [6, 6.07) is 0. The minimum atomic E-state index is -0.716. The van der Waals surface area contributed by atoms with Crippen molar-refractivity contribution >= 4 is 5.97 Å². The van der Waals surface area contributed by atoms with Crippen molar-refractivity contribution < 1.29 is 20.1 Å². The van der Waals surface area contributed by atoms with Crippen LogP contribution in [0.1, 0.15) is 78.6 Å². The van der Waals surface area contributed by atoms with Crippen LogP contribution in [0.15, 0.2) is 0 Å². The first-order chi connectivity index (χ1) is 12.7. The van der Waals surface area contributed by atoms with Crippen LogP contribution in [0.3, 0.4) is 0 Å². The fourth-order valence-corrected chi connectivity index (χ4v) is 8.58. The zero-order chi connectivity index (χ0) is 19.6. The van der Waals surface area contributed by atoms with E-state index in [0.29, 0.717) is 29.6 Å². The van der Waals surface area contributed by atoms with Gasteiger partial charge in [-0.3, -0.25) is 4.79 Å². The first kappa shape index (κ1) is 19.7. The molecule has 27 heavy (non-hydrogen) atoms. The third kappa shape index (κ3) is 2.88. The van der Waals surface area contributed by atoms with Crippen molar-refractivity contribution in [2.24, 2.45) is 46.3 Å². The number of carbonyl (C=O) groups is 1. The molecule has 4 heteroatoms. The molecule has 4 nitrogen and oxygen atoms in total. The van der Waals surface area contributed by atoms with Crippen molar-refractivity contribution in [2.45, 2.75) is 90.8 Å². The van der Waals surface area contributed by atoms with E-state index in [0.717, 1.165) is 38.5 Å². The van der Waals surface area contributed by atoms with Crippen LogP contribution in [0.25, 0.3) is 0 Å². The van der Waals surface area contributed by atoms with E-state index in [2.05, 4.69) is 20.8 Å². The summed E-state index contributed by atoms with van der Waals surface area (Å²) in [5.41, 5.74) is 0.128. The van der Waals surface area contributed by atoms with Crippen molar-refractivity contribution in [1.29, 1.82) is 0 Å². The number of hydrogen-bond donors (Lipinski definition) is 3. The average Bonchev–Trinajstić information content (AvgIpc) is 2.95. The maximum Gasteiger partial charge on any atom is 0.303 e. The minimum Gasteiger partial charge on any atom is -0.481 e. The molecule has 0 aromatic carbocycles. The lowest BCUT2D eigenvalue weighted by Gasteiger charge is -2.62. The molecule has 4 saturated carbocycles. The van der Waals surface area contributed by atoms with Gasteiger partial charge in [-0.1, -0.05) is 20.8 Å². The predicted molar refractivity (Wildman–Crippen MR) is 104 cm³/mol. The molecule has 0 aliphatic heterocycles. The highest BCUT2D eigenvalue weighted by atomic mass is 16.4. The molecule has 0 amide bonds. The van der Waals surface area contributed by atoms with Crippen LogP contribution in [-0.2, 0) is 4.79 Å². The third-order valence-corrected chi connectivity index (χ3v) is 10.00. The van der Waals surface area contributed by atoms with Gasteiger partial charge in [0.15, 0.2) is 0 Å². The van der Waals surface area contributed by atoms with Gasteiger partial charge in [-0.15, -0.1) is 0 Å². The minimum absolute atomic E-state index is 0.125. The Morgan fingerprint density at radius 3 is 2.48 bits per heavy atom. The molecular formula is C23H38O4. The highest BCUT2D eigenvalue weighted by molar-refractivity contribution is 5.67. The summed E-state index contributed by atoms with van der Waals surface area (Å²) in [6.45, 7) is 6.79. The molecule has 4 aliphatic rings. The fourth-order valence-electron chi connectivity index (χ4n) is 8.58. The zero-order valence-corrected chi connectivity index (χ0v) is 17.2. The van der Waals surface area contributed by atoms with Gasteiger partial charge in [-0.2, -0.15) is 0 Å². The Labute approximate surface area is 163 Å². The van der Waals surface area contributed by atoms with Crippen molar-refractivity contribution in [3.63, 3.8) is 0 Å². The largest absolute Gasteiger partial charge is 0.481 e. The molecule has 4 aliphatic carbocycles. The monoisotopic (exact) mass is 378 g/mol. The van der Waals surface area contributed by atoms with E-state index in [1.165, 1.54) is 12.8 Å². The molecule has 0 radical (unpaired) electrons. The van der Waals surface area contributed by atoms with Gasteiger partial charge in [0.2, 0.25) is 0 Å². The second-order valence-electron chi connectivity index (χ2n) is 11.0. The predicted octanol–water partition coefficient (Wildman–Crippen LogP) is 4.09. The van der Waals surface area contributed by atoms with Gasteiger partial charge < -0.3 is 15.3 Å². The van der Waals surface area contributed by atoms with Crippen molar-refractivity contribution in [1.82, 2.24) is 0 Å². The molecule has 0 bridgehead atoms. The fraction of sp³-hybridized carbons (Fsp3) is 0.957. The topological polar surface area (TPSA) is 77.8 Å². The van der Waals surface area contributed by atoms with Crippen LogP contribution < -0.4 is 0 Å². The van der Waals surface area contributed by atoms with Gasteiger partial charge in [0.05, 0.1) is 12.2 Å². The molecule has 0 aromatic heterocycles. The smallest absolute Gasteiger partial charge is 0.303 e. The Morgan fingerprint density at radius 2 is 1.78 bits per heavy atom. The van der Waals surface area contributed by atoms with Crippen LogP contribution in [0, 0.1) is 46.3 Å². The highest BCUT2D eigenvalue weighted by Crippen LogP contribution is 2.68. The Balaban J connectivity index is 1.60. The summed E-state index contributed by atoms with van der Waals surface area (Å²) in [5, 5.41) is 30.8. The molecule has 10 unspecified atom stereocenters. The molecule has 3 N–H and O–H groups in total. The number of aliphatic hydroxyl groups excluding tert-OH is 2. The number of carboxylic acid groups (broad SMARTS) is 1. The van der Waals surface area contributed by atoms with E-state index in [4.69, 9.17) is 0 Å². The second-order valence-corrected chi connectivity index (χ2v) is 11.0. The lowest BCUT2D eigenvalue weighted by molar-refractivity contribution is -0.175. The van der Waals surface area contributed by atoms with E-state index < -0.39 is 5.97 Å². The second kappa shape index (κ2) is 6.73. The first-order valence-corrected chi connectivity index (χ1v) is 11.3. The summed E-state index contributed by atoms with van der Waals surface area (Å²) in [7, 11) is 0. The van der Waals surface area contributed by atoms with Gasteiger partial charge in [0.25, 0.3) is 0 Å². The van der Waals surface area contributed by atoms with E-state index in [9.17, 15) is 20.1 Å². The SMILES string of the molecule is CC(CC(=O)O)C1CCC2C3CCC4CC(O)CCC4(C)C3CC(O)C12C. The van der Waals surface area contributed by atoms with Crippen molar-refractivity contribution in [2.75, 3.05) is 0 Å². The summed E-state index contributed by atoms with van der Waals surface area (Å²) in [5.74, 6) is 2.07. The van der Waals surface area contributed by atoms with Crippen LogP contribution in [0.5, 0.6) is 0 Å². The molecule has 0 heterocycles. The number of aliphatic carboxylic acids is 1. The van der Waals surface area contributed by atoms with E-state index in [1.54, 1.807) is 0 Å². The summed E-state index contributed by atoms with van der Waals surface area (Å²) >= 11 is 0. The molecule has 4 rings (SSSR count). The molecule has 0 aromatic rings. The molecule has 0 spiro atoms. The van der Waals surface area contributed by atoms with E-state index >= 15 is 0 Å². The Morgan fingerprint density at radius 1 is 1.04 bits per heavy atom. The molecule has 154 valence electrons. The van der Waals surface area contributed by atoms with Crippen LogP contribution >= 0.6 is 0 Å². The maximum absolute atomic E-state index is 11.4. The standard InChI is InChI=1S/C23H38O4/c1-13(10-21(26)27)17-6-7-18-16-5-4-14-11-15(24)8-9-22(14,2)19(16)12-20(25)23(17,18)3/h13-20,24-25H,4-12H2,1-3H3,(H,26,27). The number of aliphatic hydroxyl groups is 2. The molecule has 10 atom stereocenters. The normalized spacial score (nSPS) is 53.1. The van der Waals surface area contributed by atoms with E-state index in [1.807, 2.05) is 0 Å². The Bertz CT molecular complexity index is 591. The van der Waals surface area contributed by atoms with Crippen molar-refractivity contribution in [3.8, 4) is 0 Å². The zero-order valence-electron chi connectivity index (χ0n) is 17.2. The third-order valence-electron chi connectivity index (χ3n) is 10.00. The summed E-state index contributed by atoms with van der Waals surface area (Å²) in [4.78, 5) is 11.3. The molecule has 4 fully saturated rings. The lowest BCUT2D eigenvalue weighted by Crippen LogP contribution is -2.58. The lowest BCUT2D eigenvalue weighted by atomic mass is 9.43. The number of hydrogen-bond acceptors (Lipinski definition) is 3. The number of carboxylic acids is 1. The Hall–Kier alpha value is -0.610. The molecular weight excluding hydrogens is 340 g/mol. The Kier molecular flexibility index (Phi) is 4.91. The first-order valence-electron chi connectivity index (χ1n) is 11.3. The summed E-state index contributed by atoms with van der Waals surface area (Å²) in [6.07, 6.45) is 8.22. The van der Waals surface area contributed by atoms with Gasteiger partial charge in [0.1, 0.15) is 0 Å². The summed E-state index contributed by atoms with van der Waals surface area (Å²) < 4.78 is 0. The highest BCUT2D eigenvalue weighted by Gasteiger charge is 2.63. The quantitative estimate of drug-likeness (QED) is 0.691. The van der Waals surface area contributed by atoms with Gasteiger partial charge in [0, 0.05) is 6.42 Å². The number of fused-ring (bicyclic) bond motifs is 5. The van der Waals surface area contributed by atoms with Crippen LogP contribution in [0.4, 0.5) is 0 Å². The van der Waals surface area contributed by atoms with Gasteiger partial charge in [-0.25, -0.2) is 0 Å². The van der Waals surface area contributed by atoms with E-state index in [-0.39, 0.29) is 35.4 Å². The molecule has 0 saturated heterocycles. The van der Waals surface area contributed by atoms with Gasteiger partial charge >= 0.3 is 5.97 Å². The average molecular weight is 379 g/mol. The maximum atomic E-state index is 11.4. The van der Waals surface area contributed by atoms with Gasteiger partial charge in [-0.05, 0) is 97.7 Å².